The Bertz CT molecular complexity index is 1280. The molecule has 0 radical (unpaired) electrons. The minimum Gasteiger partial charge on any atom is -0.365 e. The van der Waals surface area contributed by atoms with Crippen molar-refractivity contribution in [3.63, 3.8) is 0 Å². The van der Waals surface area contributed by atoms with Crippen molar-refractivity contribution in [2.24, 2.45) is 5.92 Å². The van der Waals surface area contributed by atoms with Gasteiger partial charge in [-0.3, -0.25) is 9.59 Å². The molecule has 8 heteroatoms. The summed E-state index contributed by atoms with van der Waals surface area (Å²) in [6.45, 7) is 5.52. The van der Waals surface area contributed by atoms with Gasteiger partial charge in [0.2, 0.25) is 5.91 Å². The van der Waals surface area contributed by atoms with E-state index in [-0.39, 0.29) is 29.5 Å². The Morgan fingerprint density at radius 2 is 1.97 bits per heavy atom. The number of thiophene rings is 1. The van der Waals surface area contributed by atoms with Crippen LogP contribution in [0.1, 0.15) is 49.7 Å². The summed E-state index contributed by atoms with van der Waals surface area (Å²) in [7, 11) is 2.07. The van der Waals surface area contributed by atoms with Crippen LogP contribution in [-0.4, -0.2) is 53.0 Å². The fourth-order valence-corrected chi connectivity index (χ4v) is 6.38. The lowest BCUT2D eigenvalue weighted by molar-refractivity contribution is -0.127. The topological polar surface area (TPSA) is 90.1 Å². The molecule has 1 amide bonds. The molecule has 0 unspecified atom stereocenters. The van der Waals surface area contributed by atoms with Crippen molar-refractivity contribution in [2.75, 3.05) is 25.5 Å². The first kappa shape index (κ1) is 24.0. The summed E-state index contributed by atoms with van der Waals surface area (Å²) in [5.74, 6) is 0.587. The SMILES string of the molecule is Cc1csc(-c2cnc(N[C@@H]3CCN(C)C[C@H]3C(=O)NC3CCCCC3)c3[nH]c(=O)c(C)cc23)c1. The molecule has 5 rings (SSSR count). The van der Waals surface area contributed by atoms with E-state index in [2.05, 4.69) is 45.9 Å². The fourth-order valence-electron chi connectivity index (χ4n) is 5.46. The summed E-state index contributed by atoms with van der Waals surface area (Å²) in [5.41, 5.74) is 3.48. The summed E-state index contributed by atoms with van der Waals surface area (Å²) in [6, 6.07) is 4.34. The Hall–Kier alpha value is -2.71. The lowest BCUT2D eigenvalue weighted by Crippen LogP contribution is -2.53. The molecule has 2 fully saturated rings. The zero-order chi connectivity index (χ0) is 24.5. The van der Waals surface area contributed by atoms with Gasteiger partial charge in [-0.1, -0.05) is 19.3 Å². The second-order valence-electron chi connectivity index (χ2n) is 10.3. The smallest absolute Gasteiger partial charge is 0.251 e. The molecular weight excluding hydrogens is 458 g/mol. The molecule has 0 bridgehead atoms. The number of piperidine rings is 1. The van der Waals surface area contributed by atoms with Crippen LogP contribution in [0.2, 0.25) is 0 Å². The summed E-state index contributed by atoms with van der Waals surface area (Å²) >= 11 is 1.68. The number of amides is 1. The zero-order valence-corrected chi connectivity index (χ0v) is 21.6. The molecule has 7 nitrogen and oxygen atoms in total. The quantitative estimate of drug-likeness (QED) is 0.489. The van der Waals surface area contributed by atoms with Crippen LogP contribution in [0.5, 0.6) is 0 Å². The third-order valence-electron chi connectivity index (χ3n) is 7.50. The number of hydrogen-bond acceptors (Lipinski definition) is 6. The summed E-state index contributed by atoms with van der Waals surface area (Å²) < 4.78 is 0. The Kier molecular flexibility index (Phi) is 6.93. The van der Waals surface area contributed by atoms with Crippen LogP contribution in [0.15, 0.2) is 28.5 Å². The van der Waals surface area contributed by atoms with E-state index in [0.717, 1.165) is 41.6 Å². The van der Waals surface area contributed by atoms with Gasteiger partial charge >= 0.3 is 0 Å². The molecule has 2 atom stereocenters. The number of aromatic amines is 1. The van der Waals surface area contributed by atoms with Gasteiger partial charge in [-0.25, -0.2) is 4.98 Å². The van der Waals surface area contributed by atoms with E-state index in [4.69, 9.17) is 4.98 Å². The van der Waals surface area contributed by atoms with Gasteiger partial charge in [-0.05, 0) is 69.8 Å². The van der Waals surface area contributed by atoms with E-state index in [9.17, 15) is 9.59 Å². The van der Waals surface area contributed by atoms with Crippen LogP contribution >= 0.6 is 11.3 Å². The maximum absolute atomic E-state index is 13.4. The number of pyridine rings is 2. The highest BCUT2D eigenvalue weighted by Crippen LogP contribution is 2.35. The molecule has 1 saturated heterocycles. The van der Waals surface area contributed by atoms with E-state index >= 15 is 0 Å². The number of likely N-dealkylation sites (tertiary alicyclic amines) is 1. The number of hydrogen-bond donors (Lipinski definition) is 3. The van der Waals surface area contributed by atoms with Crippen LogP contribution < -0.4 is 16.2 Å². The highest BCUT2D eigenvalue weighted by molar-refractivity contribution is 7.13. The number of carbonyl (C=O) groups excluding carboxylic acids is 1. The monoisotopic (exact) mass is 493 g/mol. The van der Waals surface area contributed by atoms with Crippen LogP contribution in [0.3, 0.4) is 0 Å². The van der Waals surface area contributed by atoms with E-state index in [1.54, 1.807) is 11.3 Å². The molecule has 2 aliphatic rings. The van der Waals surface area contributed by atoms with Crippen molar-refractivity contribution < 1.29 is 4.79 Å². The fraction of sp³-hybridized carbons (Fsp3) is 0.519. The maximum atomic E-state index is 13.4. The summed E-state index contributed by atoms with van der Waals surface area (Å²) in [6.07, 6.45) is 8.52. The van der Waals surface area contributed by atoms with Crippen LogP contribution in [-0.2, 0) is 4.79 Å². The van der Waals surface area contributed by atoms with Crippen LogP contribution in [0, 0.1) is 19.8 Å². The number of H-pyrrole nitrogens is 1. The average molecular weight is 494 g/mol. The molecule has 1 saturated carbocycles. The van der Waals surface area contributed by atoms with Crippen LogP contribution in [0.4, 0.5) is 5.82 Å². The number of rotatable bonds is 5. The molecular formula is C27H35N5O2S. The van der Waals surface area contributed by atoms with E-state index in [1.807, 2.05) is 19.2 Å². The highest BCUT2D eigenvalue weighted by Gasteiger charge is 2.35. The first-order valence-corrected chi connectivity index (χ1v) is 13.6. The summed E-state index contributed by atoms with van der Waals surface area (Å²) in [5, 5.41) is 10.0. The van der Waals surface area contributed by atoms with Crippen molar-refractivity contribution in [2.45, 2.75) is 64.5 Å². The lowest BCUT2D eigenvalue weighted by Gasteiger charge is -2.37. The number of carbonyl (C=O) groups is 1. The first-order valence-electron chi connectivity index (χ1n) is 12.7. The number of aryl methyl sites for hydroxylation is 2. The third kappa shape index (κ3) is 5.14. The molecule has 1 aliphatic heterocycles. The van der Waals surface area contributed by atoms with Gasteiger partial charge in [-0.15, -0.1) is 11.3 Å². The van der Waals surface area contributed by atoms with Crippen molar-refractivity contribution in [3.8, 4) is 10.4 Å². The van der Waals surface area contributed by atoms with Gasteiger partial charge < -0.3 is 20.5 Å². The Labute approximate surface area is 210 Å². The second kappa shape index (κ2) is 10.1. The van der Waals surface area contributed by atoms with Crippen molar-refractivity contribution in [3.05, 3.63) is 45.2 Å². The Balaban J connectivity index is 1.46. The number of anilines is 1. The minimum absolute atomic E-state index is 0.0508. The molecule has 3 N–H and O–H groups in total. The number of fused-ring (bicyclic) bond motifs is 1. The number of nitrogens with zero attached hydrogens (tertiary/aromatic N) is 2. The largest absolute Gasteiger partial charge is 0.365 e. The standard InChI is InChI=1S/C27H35N5O2S/c1-16-11-23(35-15-16)20-13-28-25(24-19(20)12-17(2)26(33)31-24)30-22-9-10-32(3)14-21(22)27(34)29-18-7-5-4-6-8-18/h11-13,15,18,21-22H,4-10,14H2,1-3H3,(H,28,30)(H,29,34)(H,31,33)/t21-,22-/m1/s1. The van der Waals surface area contributed by atoms with E-state index in [0.29, 0.717) is 23.4 Å². The van der Waals surface area contributed by atoms with Gasteiger partial charge in [0, 0.05) is 46.2 Å². The maximum Gasteiger partial charge on any atom is 0.251 e. The molecule has 186 valence electrons. The van der Waals surface area contributed by atoms with Gasteiger partial charge in [0.1, 0.15) is 0 Å². The molecule has 3 aromatic rings. The molecule has 3 aromatic heterocycles. The third-order valence-corrected chi connectivity index (χ3v) is 8.58. The summed E-state index contributed by atoms with van der Waals surface area (Å²) in [4.78, 5) is 37.1. The van der Waals surface area contributed by atoms with Crippen LogP contribution in [0.25, 0.3) is 21.3 Å². The average Bonchev–Trinajstić information content (AvgIpc) is 3.28. The Morgan fingerprint density at radius 1 is 1.17 bits per heavy atom. The highest BCUT2D eigenvalue weighted by atomic mass is 32.1. The van der Waals surface area contributed by atoms with Crippen molar-refractivity contribution >= 4 is 34.0 Å². The van der Waals surface area contributed by atoms with Crippen molar-refractivity contribution in [1.29, 1.82) is 0 Å². The lowest BCUT2D eigenvalue weighted by atomic mass is 9.89. The zero-order valence-electron chi connectivity index (χ0n) is 20.8. The second-order valence-corrected chi connectivity index (χ2v) is 11.2. The van der Waals surface area contributed by atoms with Gasteiger partial charge in [-0.2, -0.15) is 0 Å². The normalized spacial score (nSPS) is 21.8. The number of aromatic nitrogens is 2. The molecule has 1 aliphatic carbocycles. The first-order chi connectivity index (χ1) is 16.9. The Morgan fingerprint density at radius 3 is 2.71 bits per heavy atom. The van der Waals surface area contributed by atoms with Gasteiger partial charge in [0.05, 0.1) is 11.4 Å². The van der Waals surface area contributed by atoms with Gasteiger partial charge in [0.15, 0.2) is 5.82 Å². The van der Waals surface area contributed by atoms with Gasteiger partial charge in [0.25, 0.3) is 5.56 Å². The molecule has 0 aromatic carbocycles. The van der Waals surface area contributed by atoms with E-state index < -0.39 is 0 Å². The molecule has 35 heavy (non-hydrogen) atoms. The molecule has 4 heterocycles. The predicted molar refractivity (Wildman–Crippen MR) is 143 cm³/mol. The minimum atomic E-state index is -0.177. The molecule has 0 spiro atoms. The predicted octanol–water partition coefficient (Wildman–Crippen LogP) is 4.45. The van der Waals surface area contributed by atoms with Crippen molar-refractivity contribution in [1.82, 2.24) is 20.2 Å². The van der Waals surface area contributed by atoms with E-state index in [1.165, 1.54) is 24.8 Å². The number of nitrogens with one attached hydrogen (secondary N) is 3.